The van der Waals surface area contributed by atoms with E-state index >= 15 is 4.39 Å². The van der Waals surface area contributed by atoms with Gasteiger partial charge in [-0.1, -0.05) is 5.92 Å². The van der Waals surface area contributed by atoms with Crippen LogP contribution in [0.4, 0.5) is 33.3 Å². The average Bonchev–Trinajstić information content (AvgIpc) is 2.64. The molecule has 4 nitrogen and oxygen atoms in total. The molecule has 0 spiro atoms. The minimum absolute atomic E-state index is 0.0498. The van der Waals surface area contributed by atoms with Crippen LogP contribution in [0.2, 0.25) is 0 Å². The molecule has 0 bridgehead atoms. The van der Waals surface area contributed by atoms with Crippen LogP contribution in [0.5, 0.6) is 5.75 Å². The number of hydrogen-bond acceptors (Lipinski definition) is 3. The summed E-state index contributed by atoms with van der Waals surface area (Å²) in [4.78, 5) is 13.8. The molecule has 1 heterocycles. The van der Waals surface area contributed by atoms with Gasteiger partial charge in [-0.25, -0.2) is 13.2 Å². The molecule has 2 aromatic rings. The van der Waals surface area contributed by atoms with E-state index in [0.29, 0.717) is 4.90 Å². The van der Waals surface area contributed by atoms with Crippen LogP contribution < -0.4 is 19.8 Å². The monoisotopic (exact) mass is 442 g/mol. The number of carbonyl (C=O) groups is 1. The quantitative estimate of drug-likeness (QED) is 0.315. The molecule has 1 unspecified atom stereocenters. The maximum Gasteiger partial charge on any atom is 0.483 e. The highest BCUT2D eigenvalue weighted by molar-refractivity contribution is 7.28. The van der Waals surface area contributed by atoms with Crippen molar-refractivity contribution in [2.24, 2.45) is 0 Å². The van der Waals surface area contributed by atoms with Gasteiger partial charge in [-0.15, -0.1) is 15.7 Å². The fourth-order valence-corrected chi connectivity index (χ4v) is 3.70. The Morgan fingerprint density at radius 3 is 2.40 bits per heavy atom. The zero-order valence-electron chi connectivity index (χ0n) is 16.1. The Morgan fingerprint density at radius 1 is 1.20 bits per heavy atom. The van der Waals surface area contributed by atoms with Gasteiger partial charge in [-0.3, -0.25) is 9.69 Å². The standard InChI is InChI=1S/C20H16F5N2O2P/c1-5-6-27-11-7-10(13(30)8-12(11)29-20(24,25)19(27)28)14-15(21)9(2)18(26(3)4)17(23)16(14)22/h1,7-8H,6,30H2,2-4H3. The number of ether oxygens (including phenoxy) is 1. The van der Waals surface area contributed by atoms with Crippen molar-refractivity contribution in [1.82, 2.24) is 0 Å². The van der Waals surface area contributed by atoms with Gasteiger partial charge < -0.3 is 9.64 Å². The number of nitrogens with zero attached hydrogens (tertiary/aromatic N) is 2. The molecule has 30 heavy (non-hydrogen) atoms. The van der Waals surface area contributed by atoms with Gasteiger partial charge in [0.15, 0.2) is 17.4 Å². The molecule has 1 atom stereocenters. The number of benzene rings is 2. The second-order valence-electron chi connectivity index (χ2n) is 6.81. The van der Waals surface area contributed by atoms with E-state index in [1.54, 1.807) is 0 Å². The zero-order chi connectivity index (χ0) is 22.5. The van der Waals surface area contributed by atoms with Crippen LogP contribution in [0.3, 0.4) is 0 Å². The number of terminal acetylenes is 1. The number of alkyl halides is 2. The van der Waals surface area contributed by atoms with Crippen molar-refractivity contribution in [3.8, 4) is 29.2 Å². The van der Waals surface area contributed by atoms with Crippen molar-refractivity contribution in [2.75, 3.05) is 30.4 Å². The van der Waals surface area contributed by atoms with Crippen LogP contribution >= 0.6 is 9.24 Å². The van der Waals surface area contributed by atoms with Crippen molar-refractivity contribution in [2.45, 2.75) is 13.0 Å². The second-order valence-corrected chi connectivity index (χ2v) is 7.43. The summed E-state index contributed by atoms with van der Waals surface area (Å²) < 4.78 is 76.9. The van der Waals surface area contributed by atoms with E-state index in [4.69, 9.17) is 6.42 Å². The van der Waals surface area contributed by atoms with Crippen molar-refractivity contribution in [3.05, 3.63) is 35.1 Å². The molecule has 0 aromatic heterocycles. The summed E-state index contributed by atoms with van der Waals surface area (Å²) in [6.07, 6.45) is 1.01. The highest BCUT2D eigenvalue weighted by Crippen LogP contribution is 2.43. The lowest BCUT2D eigenvalue weighted by atomic mass is 9.98. The summed E-state index contributed by atoms with van der Waals surface area (Å²) in [6, 6.07) is 2.13. The summed E-state index contributed by atoms with van der Waals surface area (Å²) >= 11 is 0. The van der Waals surface area contributed by atoms with Gasteiger partial charge in [0.2, 0.25) is 0 Å². The predicted octanol–water partition coefficient (Wildman–Crippen LogP) is 3.60. The summed E-state index contributed by atoms with van der Waals surface area (Å²) in [5.74, 6) is -3.81. The topological polar surface area (TPSA) is 32.8 Å². The van der Waals surface area contributed by atoms with E-state index in [-0.39, 0.29) is 27.8 Å². The summed E-state index contributed by atoms with van der Waals surface area (Å²) in [5, 5.41) is 0.0498. The largest absolute Gasteiger partial charge is 0.483 e. The molecule has 3 rings (SSSR count). The van der Waals surface area contributed by atoms with Gasteiger partial charge >= 0.3 is 12.0 Å². The van der Waals surface area contributed by atoms with Gasteiger partial charge in [-0.05, 0) is 29.9 Å². The maximum absolute atomic E-state index is 15.1. The van der Waals surface area contributed by atoms with E-state index in [2.05, 4.69) is 19.9 Å². The van der Waals surface area contributed by atoms with E-state index in [9.17, 15) is 22.4 Å². The SMILES string of the molecule is C#CCN1C(=O)C(F)(F)Oc2cc(P)c(-c3c(F)c(C)c(N(C)C)c(F)c3F)cc21. The number of rotatable bonds is 3. The van der Waals surface area contributed by atoms with Crippen LogP contribution in [-0.2, 0) is 4.79 Å². The number of carbonyl (C=O) groups excluding carboxylic acids is 1. The van der Waals surface area contributed by atoms with Crippen LogP contribution in [-0.4, -0.2) is 32.7 Å². The fourth-order valence-electron chi connectivity index (χ4n) is 3.32. The smallest absolute Gasteiger partial charge is 0.423 e. The van der Waals surface area contributed by atoms with Gasteiger partial charge in [0.1, 0.15) is 5.82 Å². The highest BCUT2D eigenvalue weighted by Gasteiger charge is 2.50. The number of anilines is 2. The zero-order valence-corrected chi connectivity index (χ0v) is 17.3. The average molecular weight is 442 g/mol. The minimum atomic E-state index is -4.16. The number of fused-ring (bicyclic) bond motifs is 1. The van der Waals surface area contributed by atoms with Crippen molar-refractivity contribution in [3.63, 3.8) is 0 Å². The minimum Gasteiger partial charge on any atom is -0.423 e. The lowest BCUT2D eigenvalue weighted by Gasteiger charge is -2.33. The first-order chi connectivity index (χ1) is 13.9. The molecule has 0 saturated heterocycles. The van der Waals surface area contributed by atoms with E-state index in [1.807, 2.05) is 0 Å². The Bertz CT molecular complexity index is 1080. The van der Waals surface area contributed by atoms with Crippen LogP contribution in [0.1, 0.15) is 5.56 Å². The molecule has 0 aliphatic carbocycles. The van der Waals surface area contributed by atoms with Crippen LogP contribution in [0, 0.1) is 36.7 Å². The second kappa shape index (κ2) is 7.44. The van der Waals surface area contributed by atoms with Crippen molar-refractivity contribution < 1.29 is 31.5 Å². The molecular weight excluding hydrogens is 426 g/mol. The Hall–Kier alpha value is -2.85. The molecule has 10 heteroatoms. The van der Waals surface area contributed by atoms with Crippen molar-refractivity contribution in [1.29, 1.82) is 0 Å². The molecule has 158 valence electrons. The third kappa shape index (κ3) is 3.25. The van der Waals surface area contributed by atoms with E-state index < -0.39 is 47.3 Å². The molecule has 0 N–H and O–H groups in total. The molecule has 0 radical (unpaired) electrons. The maximum atomic E-state index is 15.1. The lowest BCUT2D eigenvalue weighted by Crippen LogP contribution is -2.51. The lowest BCUT2D eigenvalue weighted by molar-refractivity contribution is -0.192. The van der Waals surface area contributed by atoms with Gasteiger partial charge in [0.05, 0.1) is 23.5 Å². The Morgan fingerprint density at radius 2 is 1.83 bits per heavy atom. The number of halogens is 5. The van der Waals surface area contributed by atoms with Gasteiger partial charge in [0.25, 0.3) is 0 Å². The van der Waals surface area contributed by atoms with Crippen molar-refractivity contribution >= 4 is 31.8 Å². The summed E-state index contributed by atoms with van der Waals surface area (Å²) in [7, 11) is 5.00. The summed E-state index contributed by atoms with van der Waals surface area (Å²) in [6.45, 7) is 0.758. The molecule has 1 aliphatic heterocycles. The third-order valence-corrected chi connectivity index (χ3v) is 5.12. The first kappa shape index (κ1) is 21.8. The Kier molecular flexibility index (Phi) is 5.42. The Labute approximate surface area is 171 Å². The van der Waals surface area contributed by atoms with Crippen LogP contribution in [0.15, 0.2) is 12.1 Å². The van der Waals surface area contributed by atoms with E-state index in [1.165, 1.54) is 25.9 Å². The van der Waals surface area contributed by atoms with Crippen LogP contribution in [0.25, 0.3) is 11.1 Å². The molecule has 1 aliphatic rings. The Balaban J connectivity index is 2.31. The third-order valence-electron chi connectivity index (χ3n) is 4.64. The molecule has 1 amide bonds. The number of hydrogen-bond donors (Lipinski definition) is 0. The van der Waals surface area contributed by atoms with Gasteiger partial charge in [0, 0.05) is 19.7 Å². The summed E-state index contributed by atoms with van der Waals surface area (Å²) in [5.41, 5.74) is -1.48. The normalized spacial score (nSPS) is 14.8. The predicted molar refractivity (Wildman–Crippen MR) is 107 cm³/mol. The first-order valence-corrected chi connectivity index (χ1v) is 9.10. The fraction of sp³-hybridized carbons (Fsp3) is 0.250. The molecule has 0 saturated carbocycles. The molecular formula is C20H16F5N2O2P. The highest BCUT2D eigenvalue weighted by atomic mass is 31.0. The van der Waals surface area contributed by atoms with Gasteiger partial charge in [-0.2, -0.15) is 8.78 Å². The molecule has 2 aromatic carbocycles. The number of amides is 1. The first-order valence-electron chi connectivity index (χ1n) is 8.52. The van der Waals surface area contributed by atoms with E-state index in [0.717, 1.165) is 12.1 Å². The molecule has 0 fully saturated rings.